The Labute approximate surface area is 333 Å². The van der Waals surface area contributed by atoms with E-state index in [4.69, 9.17) is 42.6 Å². The maximum Gasteiger partial charge on any atom is 0.330 e. The summed E-state index contributed by atoms with van der Waals surface area (Å²) >= 11 is 0. The number of ether oxygens (including phenoxy) is 9. The van der Waals surface area contributed by atoms with E-state index >= 15 is 0 Å². The lowest BCUT2D eigenvalue weighted by Gasteiger charge is -2.41. The molecule has 0 N–H and O–H groups in total. The normalized spacial score (nSPS) is 17.1. The van der Waals surface area contributed by atoms with Crippen molar-refractivity contribution >= 4 is 47.8 Å². The third kappa shape index (κ3) is 24.0. The van der Waals surface area contributed by atoms with Crippen molar-refractivity contribution in [1.29, 1.82) is 0 Å². The van der Waals surface area contributed by atoms with E-state index in [0.29, 0.717) is 38.5 Å². The van der Waals surface area contributed by atoms with Gasteiger partial charge in [0.25, 0.3) is 0 Å². The first-order chi connectivity index (χ1) is 27.4. The number of carbonyl (C=O) groups excluding carboxylic acids is 8. The second-order valence-electron chi connectivity index (χ2n) is 12.5. The standard InChI is InChI=1S/C40H56O17/c1-5-31(41)49-23-13-9-19-35(45)53-27-17-18-29-39(56-37(47)21-11-15-25-51-33(43)7-3)40(57-38(48)22-12-16-26-52-34(44)8-4)30(28-54-29)55-36(46)20-10-14-24-50-32(42)6-2/h5-8,29-30,39-40H,1-4,9-28H2/t29?,30-,39+,40+/m1/s1. The Bertz CT molecular complexity index is 1350. The SMILES string of the molecule is C=CC(=O)OCCCCC(=O)OCCCC1OC[C@@H](OC(=O)CCCCOC(=O)C=C)[C@H](OC(=O)CCCCOC(=O)C=C)[C@H]1OC(=O)CCCCOC(=O)C=C. The van der Waals surface area contributed by atoms with Crippen LogP contribution in [-0.2, 0) is 81.0 Å². The number of esters is 8. The summed E-state index contributed by atoms with van der Waals surface area (Å²) in [5.41, 5.74) is 0. The molecule has 1 rings (SSSR count). The largest absolute Gasteiger partial charge is 0.466 e. The number of carbonyl (C=O) groups is 8. The van der Waals surface area contributed by atoms with Crippen LogP contribution in [0.4, 0.5) is 0 Å². The van der Waals surface area contributed by atoms with Crippen molar-refractivity contribution in [3.05, 3.63) is 50.6 Å². The van der Waals surface area contributed by atoms with Crippen LogP contribution in [0.2, 0.25) is 0 Å². The van der Waals surface area contributed by atoms with Crippen LogP contribution in [0, 0.1) is 0 Å². The van der Waals surface area contributed by atoms with Crippen LogP contribution in [0.25, 0.3) is 0 Å². The van der Waals surface area contributed by atoms with Gasteiger partial charge in [0.1, 0.15) is 0 Å². The molecule has 57 heavy (non-hydrogen) atoms. The van der Waals surface area contributed by atoms with E-state index in [1.165, 1.54) is 0 Å². The lowest BCUT2D eigenvalue weighted by Crippen LogP contribution is -2.57. The highest BCUT2D eigenvalue weighted by molar-refractivity contribution is 5.82. The molecule has 1 fully saturated rings. The number of unbranched alkanes of at least 4 members (excludes halogenated alkanes) is 4. The predicted octanol–water partition coefficient (Wildman–Crippen LogP) is 4.04. The summed E-state index contributed by atoms with van der Waals surface area (Å²) in [6, 6.07) is 0. The van der Waals surface area contributed by atoms with Gasteiger partial charge in [0.2, 0.25) is 0 Å². The summed E-state index contributed by atoms with van der Waals surface area (Å²) in [7, 11) is 0. The Kier molecular flexibility index (Phi) is 26.9. The molecule has 0 bridgehead atoms. The lowest BCUT2D eigenvalue weighted by atomic mass is 9.96. The van der Waals surface area contributed by atoms with Crippen molar-refractivity contribution in [2.45, 2.75) is 114 Å². The van der Waals surface area contributed by atoms with E-state index in [1.807, 2.05) is 0 Å². The minimum Gasteiger partial charge on any atom is -0.466 e. The molecule has 0 aromatic heterocycles. The Morgan fingerprint density at radius 1 is 0.439 bits per heavy atom. The van der Waals surface area contributed by atoms with Gasteiger partial charge in [-0.15, -0.1) is 0 Å². The fourth-order valence-corrected chi connectivity index (χ4v) is 5.07. The van der Waals surface area contributed by atoms with Gasteiger partial charge in [-0.3, -0.25) is 19.2 Å². The topological polar surface area (TPSA) is 220 Å². The zero-order chi connectivity index (χ0) is 42.3. The van der Waals surface area contributed by atoms with Gasteiger partial charge in [-0.1, -0.05) is 26.3 Å². The van der Waals surface area contributed by atoms with Crippen LogP contribution in [0.5, 0.6) is 0 Å². The van der Waals surface area contributed by atoms with E-state index in [-0.39, 0.29) is 91.0 Å². The van der Waals surface area contributed by atoms with Gasteiger partial charge in [-0.2, -0.15) is 0 Å². The molecule has 1 unspecified atom stereocenters. The van der Waals surface area contributed by atoms with Crippen molar-refractivity contribution < 1.29 is 81.0 Å². The molecular weight excluding hydrogens is 752 g/mol. The number of hydrogen-bond donors (Lipinski definition) is 0. The van der Waals surface area contributed by atoms with Crippen molar-refractivity contribution in [3.8, 4) is 0 Å². The number of hydrogen-bond acceptors (Lipinski definition) is 17. The van der Waals surface area contributed by atoms with E-state index in [1.54, 1.807) is 0 Å². The van der Waals surface area contributed by atoms with E-state index in [9.17, 15) is 38.4 Å². The molecule has 0 aromatic carbocycles. The summed E-state index contributed by atoms with van der Waals surface area (Å²) in [5.74, 6) is -4.85. The zero-order valence-corrected chi connectivity index (χ0v) is 32.5. The number of rotatable bonds is 31. The summed E-state index contributed by atoms with van der Waals surface area (Å²) < 4.78 is 48.4. The summed E-state index contributed by atoms with van der Waals surface area (Å²) in [6.07, 6.45) is 2.64. The fourth-order valence-electron chi connectivity index (χ4n) is 5.07. The Hall–Kier alpha value is -5.32. The quantitative estimate of drug-likeness (QED) is 0.0417. The van der Waals surface area contributed by atoms with Gasteiger partial charge >= 0.3 is 47.8 Å². The molecule has 4 atom stereocenters. The monoisotopic (exact) mass is 808 g/mol. The minimum atomic E-state index is -1.29. The maximum absolute atomic E-state index is 13.1. The van der Waals surface area contributed by atoms with Gasteiger partial charge in [0.05, 0.1) is 45.7 Å². The summed E-state index contributed by atoms with van der Waals surface area (Å²) in [6.45, 7) is 13.4. The first kappa shape index (κ1) is 49.7. The summed E-state index contributed by atoms with van der Waals surface area (Å²) in [4.78, 5) is 96.6. The smallest absolute Gasteiger partial charge is 0.330 e. The van der Waals surface area contributed by atoms with Crippen LogP contribution < -0.4 is 0 Å². The van der Waals surface area contributed by atoms with Crippen LogP contribution in [0.15, 0.2) is 50.6 Å². The highest BCUT2D eigenvalue weighted by Gasteiger charge is 2.47. The van der Waals surface area contributed by atoms with Crippen LogP contribution in [-0.4, -0.2) is 112 Å². The molecular formula is C40H56O17. The Morgan fingerprint density at radius 2 is 0.789 bits per heavy atom. The average molecular weight is 809 g/mol. The first-order valence-corrected chi connectivity index (χ1v) is 19.0. The molecule has 0 aliphatic carbocycles. The molecule has 1 aliphatic rings. The molecule has 318 valence electrons. The molecule has 17 heteroatoms. The first-order valence-electron chi connectivity index (χ1n) is 19.0. The maximum atomic E-state index is 13.1. The van der Waals surface area contributed by atoms with Gasteiger partial charge in [-0.25, -0.2) is 19.2 Å². The Morgan fingerprint density at radius 3 is 1.19 bits per heavy atom. The fraction of sp³-hybridized carbons (Fsp3) is 0.600. The summed E-state index contributed by atoms with van der Waals surface area (Å²) in [5, 5.41) is 0. The van der Waals surface area contributed by atoms with Gasteiger partial charge in [0, 0.05) is 50.0 Å². The second kappa shape index (κ2) is 30.8. The van der Waals surface area contributed by atoms with Crippen LogP contribution in [0.3, 0.4) is 0 Å². The Balaban J connectivity index is 3.04. The average Bonchev–Trinajstić information content (AvgIpc) is 3.20. The van der Waals surface area contributed by atoms with Crippen molar-refractivity contribution in [1.82, 2.24) is 0 Å². The highest BCUT2D eigenvalue weighted by atomic mass is 16.6. The van der Waals surface area contributed by atoms with E-state index < -0.39 is 72.2 Å². The van der Waals surface area contributed by atoms with E-state index in [2.05, 4.69) is 26.3 Å². The van der Waals surface area contributed by atoms with Crippen LogP contribution in [0.1, 0.15) is 89.9 Å². The molecule has 0 saturated carbocycles. The van der Waals surface area contributed by atoms with E-state index in [0.717, 1.165) is 24.3 Å². The molecule has 0 amide bonds. The molecule has 1 aliphatic heterocycles. The van der Waals surface area contributed by atoms with Crippen LogP contribution >= 0.6 is 0 Å². The molecule has 1 saturated heterocycles. The minimum absolute atomic E-state index is 0.00432. The van der Waals surface area contributed by atoms with Gasteiger partial charge in [-0.05, 0) is 64.2 Å². The molecule has 0 spiro atoms. The molecule has 0 aromatic rings. The van der Waals surface area contributed by atoms with Crippen molar-refractivity contribution in [3.63, 3.8) is 0 Å². The van der Waals surface area contributed by atoms with Gasteiger partial charge < -0.3 is 42.6 Å². The third-order valence-electron chi connectivity index (χ3n) is 7.99. The third-order valence-corrected chi connectivity index (χ3v) is 7.99. The molecule has 0 radical (unpaired) electrons. The lowest BCUT2D eigenvalue weighted by molar-refractivity contribution is -0.229. The van der Waals surface area contributed by atoms with Gasteiger partial charge in [0.15, 0.2) is 18.3 Å². The highest BCUT2D eigenvalue weighted by Crippen LogP contribution is 2.28. The van der Waals surface area contributed by atoms with Crippen molar-refractivity contribution in [2.24, 2.45) is 0 Å². The predicted molar refractivity (Wildman–Crippen MR) is 200 cm³/mol. The van der Waals surface area contributed by atoms with Crippen molar-refractivity contribution in [2.75, 3.05) is 39.6 Å². The molecule has 17 nitrogen and oxygen atoms in total. The second-order valence-corrected chi connectivity index (χ2v) is 12.5. The molecule has 1 heterocycles. The zero-order valence-electron chi connectivity index (χ0n) is 32.5.